The molecule has 2 aromatic rings. The molecule has 1 N–H and O–H groups in total. The molecule has 1 amide bonds. The van der Waals surface area contributed by atoms with Crippen LogP contribution in [-0.4, -0.2) is 16.0 Å². The molecule has 0 aliphatic heterocycles. The van der Waals surface area contributed by atoms with E-state index in [1.807, 2.05) is 30.3 Å². The first-order valence-corrected chi connectivity index (χ1v) is 4.98. The van der Waals surface area contributed by atoms with Gasteiger partial charge in [0.25, 0.3) is 0 Å². The molecule has 1 aromatic carbocycles. The molecule has 0 bridgehead atoms. The molecule has 0 unspecified atom stereocenters. The Morgan fingerprint density at radius 3 is 2.81 bits per heavy atom. The fraction of sp³-hybridized carbons (Fsp3) is 0.182. The second-order valence-corrected chi connectivity index (χ2v) is 3.19. The Bertz CT molecular complexity index is 479. The van der Waals surface area contributed by atoms with Crippen LogP contribution in [0.25, 0.3) is 11.4 Å². The lowest BCUT2D eigenvalue weighted by Crippen LogP contribution is -2.09. The third-order valence-electron chi connectivity index (χ3n) is 2.03. The Morgan fingerprint density at radius 1 is 1.38 bits per heavy atom. The number of nitrogens with one attached hydrogen (secondary N) is 1. The number of carbonyl (C=O) groups is 1. The third-order valence-corrected chi connectivity index (χ3v) is 2.03. The molecule has 82 valence electrons. The fourth-order valence-corrected chi connectivity index (χ4v) is 1.19. The molecule has 0 spiro atoms. The highest BCUT2D eigenvalue weighted by Gasteiger charge is 2.09. The maximum atomic E-state index is 11.1. The minimum atomic E-state index is -0.150. The predicted octanol–water partition coefficient (Wildman–Crippen LogP) is 2.09. The molecule has 1 aromatic heterocycles. The highest BCUT2D eigenvalue weighted by Crippen LogP contribution is 2.16. The van der Waals surface area contributed by atoms with Crippen molar-refractivity contribution in [1.29, 1.82) is 0 Å². The number of nitrogens with zero attached hydrogens (tertiary/aromatic N) is 2. The normalized spacial score (nSPS) is 10.1. The number of rotatable bonds is 3. The maximum Gasteiger partial charge on any atom is 0.328 e. The second kappa shape index (κ2) is 4.57. The van der Waals surface area contributed by atoms with Crippen molar-refractivity contribution in [2.45, 2.75) is 13.3 Å². The fourth-order valence-electron chi connectivity index (χ4n) is 1.19. The molecule has 5 heteroatoms. The first-order chi connectivity index (χ1) is 7.79. The molecular formula is C11H11N3O2. The Hall–Kier alpha value is -2.17. The summed E-state index contributed by atoms with van der Waals surface area (Å²) in [7, 11) is 0. The number of aromatic nitrogens is 2. The lowest BCUT2D eigenvalue weighted by Gasteiger charge is -1.93. The van der Waals surface area contributed by atoms with Crippen molar-refractivity contribution in [1.82, 2.24) is 10.1 Å². The molecule has 16 heavy (non-hydrogen) atoms. The molecule has 0 aliphatic rings. The zero-order valence-electron chi connectivity index (χ0n) is 8.80. The molecule has 0 saturated heterocycles. The Labute approximate surface area is 92.5 Å². The van der Waals surface area contributed by atoms with Crippen molar-refractivity contribution in [3.05, 3.63) is 30.3 Å². The second-order valence-electron chi connectivity index (χ2n) is 3.19. The number of anilines is 1. The highest BCUT2D eigenvalue weighted by molar-refractivity contribution is 5.88. The lowest BCUT2D eigenvalue weighted by molar-refractivity contribution is -0.116. The van der Waals surface area contributed by atoms with Gasteiger partial charge in [-0.15, -0.1) is 0 Å². The Kier molecular flexibility index (Phi) is 2.95. The van der Waals surface area contributed by atoms with Gasteiger partial charge in [0.15, 0.2) is 0 Å². The average Bonchev–Trinajstić information content (AvgIpc) is 2.78. The van der Waals surface area contributed by atoms with Gasteiger partial charge in [-0.05, 0) is 0 Å². The molecule has 0 fully saturated rings. The summed E-state index contributed by atoms with van der Waals surface area (Å²) in [5.41, 5.74) is 0.850. The van der Waals surface area contributed by atoms with E-state index in [9.17, 15) is 4.79 Å². The standard InChI is InChI=1S/C11H11N3O2/c1-2-9(15)12-11-13-10(14-16-11)8-6-4-3-5-7-8/h3-7H,2H2,1H3,(H,12,13,14,15). The number of carbonyl (C=O) groups excluding carboxylic acids is 1. The first kappa shape index (κ1) is 10.4. The highest BCUT2D eigenvalue weighted by atomic mass is 16.5. The van der Waals surface area contributed by atoms with E-state index in [4.69, 9.17) is 4.52 Å². The van der Waals surface area contributed by atoms with Crippen molar-refractivity contribution in [2.24, 2.45) is 0 Å². The van der Waals surface area contributed by atoms with Crippen LogP contribution in [0.2, 0.25) is 0 Å². The van der Waals surface area contributed by atoms with Crippen molar-refractivity contribution < 1.29 is 9.32 Å². The monoisotopic (exact) mass is 217 g/mol. The summed E-state index contributed by atoms with van der Waals surface area (Å²) in [5.74, 6) is 0.315. The number of hydrogen-bond acceptors (Lipinski definition) is 4. The van der Waals surface area contributed by atoms with E-state index in [1.165, 1.54) is 0 Å². The Morgan fingerprint density at radius 2 is 2.12 bits per heavy atom. The quantitative estimate of drug-likeness (QED) is 0.854. The van der Waals surface area contributed by atoms with E-state index in [-0.39, 0.29) is 11.9 Å². The van der Waals surface area contributed by atoms with Crippen LogP contribution in [0, 0.1) is 0 Å². The molecule has 0 saturated carbocycles. The van der Waals surface area contributed by atoms with Gasteiger partial charge in [0.1, 0.15) is 0 Å². The zero-order valence-corrected chi connectivity index (χ0v) is 8.80. The summed E-state index contributed by atoms with van der Waals surface area (Å²) in [6, 6.07) is 9.55. The van der Waals surface area contributed by atoms with Gasteiger partial charge in [-0.1, -0.05) is 42.4 Å². The van der Waals surface area contributed by atoms with Crippen LogP contribution in [-0.2, 0) is 4.79 Å². The van der Waals surface area contributed by atoms with Crippen molar-refractivity contribution >= 4 is 11.9 Å². The molecule has 5 nitrogen and oxygen atoms in total. The van der Waals surface area contributed by atoms with Gasteiger partial charge in [0, 0.05) is 12.0 Å². The van der Waals surface area contributed by atoms with Crippen LogP contribution < -0.4 is 5.32 Å². The third kappa shape index (κ3) is 2.25. The minimum Gasteiger partial charge on any atom is -0.315 e. The summed E-state index contributed by atoms with van der Waals surface area (Å²) in [4.78, 5) is 15.1. The van der Waals surface area contributed by atoms with Crippen LogP contribution in [0.4, 0.5) is 6.01 Å². The summed E-state index contributed by atoms with van der Waals surface area (Å²) >= 11 is 0. The molecule has 2 rings (SSSR count). The smallest absolute Gasteiger partial charge is 0.315 e. The van der Waals surface area contributed by atoms with Crippen LogP contribution >= 0.6 is 0 Å². The van der Waals surface area contributed by atoms with Crippen LogP contribution in [0.3, 0.4) is 0 Å². The number of hydrogen-bond donors (Lipinski definition) is 1. The maximum absolute atomic E-state index is 11.1. The largest absolute Gasteiger partial charge is 0.328 e. The first-order valence-electron chi connectivity index (χ1n) is 4.98. The van der Waals surface area contributed by atoms with Crippen LogP contribution in [0.5, 0.6) is 0 Å². The summed E-state index contributed by atoms with van der Waals surface area (Å²) in [6.45, 7) is 1.75. The molecule has 0 atom stereocenters. The van der Waals surface area contributed by atoms with Gasteiger partial charge in [-0.2, -0.15) is 4.98 Å². The van der Waals surface area contributed by atoms with Crippen molar-refractivity contribution in [3.8, 4) is 11.4 Å². The average molecular weight is 217 g/mol. The minimum absolute atomic E-state index is 0.130. The van der Waals surface area contributed by atoms with E-state index < -0.39 is 0 Å². The predicted molar refractivity (Wildman–Crippen MR) is 58.7 cm³/mol. The van der Waals surface area contributed by atoms with Crippen molar-refractivity contribution in [2.75, 3.05) is 5.32 Å². The van der Waals surface area contributed by atoms with Crippen molar-refractivity contribution in [3.63, 3.8) is 0 Å². The summed E-state index contributed by atoms with van der Waals surface area (Å²) in [5, 5.41) is 6.28. The topological polar surface area (TPSA) is 68.0 Å². The molecule has 0 aliphatic carbocycles. The van der Waals surface area contributed by atoms with Crippen LogP contribution in [0.1, 0.15) is 13.3 Å². The zero-order chi connectivity index (χ0) is 11.4. The Balaban J connectivity index is 2.17. The molecular weight excluding hydrogens is 206 g/mol. The number of benzene rings is 1. The van der Waals surface area contributed by atoms with Gasteiger partial charge in [0.2, 0.25) is 11.7 Å². The van der Waals surface area contributed by atoms with E-state index >= 15 is 0 Å². The van der Waals surface area contributed by atoms with E-state index in [1.54, 1.807) is 6.92 Å². The van der Waals surface area contributed by atoms with Gasteiger partial charge < -0.3 is 4.52 Å². The molecule has 0 radical (unpaired) electrons. The molecule has 1 heterocycles. The van der Waals surface area contributed by atoms with Gasteiger partial charge in [-0.3, -0.25) is 10.1 Å². The SMILES string of the molecule is CCC(=O)Nc1nc(-c2ccccc2)no1. The van der Waals surface area contributed by atoms with Gasteiger partial charge in [-0.25, -0.2) is 0 Å². The van der Waals surface area contributed by atoms with Gasteiger partial charge in [0.05, 0.1) is 0 Å². The van der Waals surface area contributed by atoms with E-state index in [0.717, 1.165) is 5.56 Å². The van der Waals surface area contributed by atoms with E-state index in [0.29, 0.717) is 12.2 Å². The van der Waals surface area contributed by atoms with E-state index in [2.05, 4.69) is 15.5 Å². The summed E-state index contributed by atoms with van der Waals surface area (Å²) in [6.07, 6.45) is 0.378. The van der Waals surface area contributed by atoms with Crippen LogP contribution in [0.15, 0.2) is 34.9 Å². The number of amides is 1. The summed E-state index contributed by atoms with van der Waals surface area (Å²) < 4.78 is 4.90. The lowest BCUT2D eigenvalue weighted by atomic mass is 10.2. The van der Waals surface area contributed by atoms with Gasteiger partial charge >= 0.3 is 6.01 Å².